The lowest BCUT2D eigenvalue weighted by molar-refractivity contribution is -0.130. The van der Waals surface area contributed by atoms with Crippen molar-refractivity contribution in [1.82, 2.24) is 10.3 Å². The van der Waals surface area contributed by atoms with Crippen LogP contribution in [0, 0.1) is 0 Å². The average molecular weight is 471 g/mol. The third-order valence-electron chi connectivity index (χ3n) is 5.89. The molecule has 3 aromatic carbocycles. The molecule has 0 aliphatic heterocycles. The van der Waals surface area contributed by atoms with Gasteiger partial charge in [0.1, 0.15) is 16.8 Å². The zero-order valence-corrected chi connectivity index (χ0v) is 20.0. The molecule has 1 aromatic heterocycles. The topological polar surface area (TPSA) is 103 Å². The first-order valence-electron chi connectivity index (χ1n) is 11.1. The number of rotatable bonds is 7. The molecule has 178 valence electrons. The summed E-state index contributed by atoms with van der Waals surface area (Å²) >= 11 is 0. The number of aromatic nitrogens is 2. The minimum atomic E-state index is -1.20. The molecule has 0 atom stereocenters. The Morgan fingerprint density at radius 1 is 0.886 bits per heavy atom. The molecule has 0 aliphatic rings. The van der Waals surface area contributed by atoms with E-state index in [9.17, 15) is 14.7 Å². The van der Waals surface area contributed by atoms with Crippen LogP contribution in [0.5, 0.6) is 5.75 Å². The summed E-state index contributed by atoms with van der Waals surface area (Å²) in [7, 11) is 1.54. The van der Waals surface area contributed by atoms with Crippen molar-refractivity contribution in [3.63, 3.8) is 0 Å². The Kier molecular flexibility index (Phi) is 6.51. The second-order valence-corrected chi connectivity index (χ2v) is 9.31. The molecule has 0 saturated heterocycles. The van der Waals surface area contributed by atoms with E-state index in [1.165, 1.54) is 0 Å². The highest BCUT2D eigenvalue weighted by Crippen LogP contribution is 2.29. The van der Waals surface area contributed by atoms with Crippen LogP contribution in [0.1, 0.15) is 47.8 Å². The van der Waals surface area contributed by atoms with Crippen LogP contribution < -0.4 is 4.74 Å². The zero-order valence-electron chi connectivity index (χ0n) is 20.0. The summed E-state index contributed by atoms with van der Waals surface area (Å²) in [6.45, 7) is 6.37. The Morgan fingerprint density at radius 3 is 2.11 bits per heavy atom. The molecular formula is C28H26N2O5. The van der Waals surface area contributed by atoms with Gasteiger partial charge < -0.3 is 9.84 Å². The number of hydrogen-bond acceptors (Lipinski definition) is 6. The first-order valence-corrected chi connectivity index (χ1v) is 11.1. The van der Waals surface area contributed by atoms with E-state index in [0.717, 1.165) is 11.1 Å². The third-order valence-corrected chi connectivity index (χ3v) is 5.89. The summed E-state index contributed by atoms with van der Waals surface area (Å²) < 4.78 is 9.94. The summed E-state index contributed by atoms with van der Waals surface area (Å²) in [6.07, 6.45) is 0.145. The molecule has 4 aromatic rings. The van der Waals surface area contributed by atoms with Crippen molar-refractivity contribution in [2.24, 2.45) is 0 Å². The number of carbonyl (C=O) groups excluding carboxylic acids is 1. The number of aliphatic carboxylic acids is 1. The zero-order chi connectivity index (χ0) is 25.2. The molecule has 0 fully saturated rings. The van der Waals surface area contributed by atoms with Crippen LogP contribution in [0.3, 0.4) is 0 Å². The quantitative estimate of drug-likeness (QED) is 0.281. The molecule has 0 amide bonds. The van der Waals surface area contributed by atoms with Crippen molar-refractivity contribution in [1.29, 1.82) is 0 Å². The molecule has 1 N–H and O–H groups in total. The van der Waals surface area contributed by atoms with Crippen LogP contribution in [-0.2, 0) is 16.6 Å². The van der Waals surface area contributed by atoms with Crippen LogP contribution in [-0.4, -0.2) is 34.3 Å². The highest BCUT2D eigenvalue weighted by Gasteiger charge is 2.25. The fraction of sp³-hybridized carbons (Fsp3) is 0.214. The fourth-order valence-electron chi connectivity index (χ4n) is 3.89. The van der Waals surface area contributed by atoms with Gasteiger partial charge in [0.2, 0.25) is 0 Å². The lowest BCUT2D eigenvalue weighted by Crippen LogP contribution is -2.14. The number of ether oxygens (including phenoxy) is 1. The molecule has 1 heterocycles. The number of fused-ring (bicyclic) bond motifs is 1. The Hall–Kier alpha value is -4.26. The minimum Gasteiger partial charge on any atom is -0.497 e. The number of hydrogen-bond donors (Lipinski definition) is 1. The number of Topliss-reactive ketones (excluding diaryl/α,β-unsaturated/α-hetero) is 1. The van der Waals surface area contributed by atoms with Crippen molar-refractivity contribution in [3.8, 4) is 5.75 Å². The van der Waals surface area contributed by atoms with E-state index in [1.54, 1.807) is 49.6 Å². The van der Waals surface area contributed by atoms with Crippen molar-refractivity contribution < 1.29 is 24.1 Å². The summed E-state index contributed by atoms with van der Waals surface area (Å²) in [4.78, 5) is 26.2. The molecular weight excluding hydrogens is 444 g/mol. The molecule has 0 saturated carbocycles. The molecule has 4 rings (SSSR count). The lowest BCUT2D eigenvalue weighted by atomic mass is 9.85. The fourth-order valence-corrected chi connectivity index (χ4v) is 3.89. The van der Waals surface area contributed by atoms with Crippen LogP contribution in [0.15, 0.2) is 76.9 Å². The van der Waals surface area contributed by atoms with Gasteiger partial charge in [-0.3, -0.25) is 4.79 Å². The second-order valence-electron chi connectivity index (χ2n) is 9.31. The van der Waals surface area contributed by atoms with E-state index < -0.39 is 5.97 Å². The summed E-state index contributed by atoms with van der Waals surface area (Å²) in [6, 6.07) is 19.3. The van der Waals surface area contributed by atoms with Crippen molar-refractivity contribution >= 4 is 28.4 Å². The molecule has 0 unspecified atom stereocenters. The predicted octanol–water partition coefficient (Wildman–Crippen LogP) is 5.49. The van der Waals surface area contributed by atoms with Crippen molar-refractivity contribution in [3.05, 3.63) is 94.6 Å². The molecule has 0 aliphatic carbocycles. The van der Waals surface area contributed by atoms with Crippen LogP contribution in [0.2, 0.25) is 0 Å². The number of carboxylic acids is 1. The van der Waals surface area contributed by atoms with Gasteiger partial charge in [-0.25, -0.2) is 9.42 Å². The van der Waals surface area contributed by atoms with Gasteiger partial charge in [-0.2, -0.15) is 0 Å². The van der Waals surface area contributed by atoms with E-state index in [4.69, 9.17) is 9.37 Å². The predicted molar refractivity (Wildman–Crippen MR) is 133 cm³/mol. The van der Waals surface area contributed by atoms with E-state index in [2.05, 4.69) is 31.1 Å². The number of allylic oxidation sites excluding steroid dienone is 1. The summed E-state index contributed by atoms with van der Waals surface area (Å²) in [5.41, 5.74) is 3.67. The molecule has 7 heteroatoms. The van der Waals surface area contributed by atoms with Gasteiger partial charge in [0, 0.05) is 17.6 Å². The van der Waals surface area contributed by atoms with E-state index in [0.29, 0.717) is 27.9 Å². The van der Waals surface area contributed by atoms with Crippen molar-refractivity contribution in [2.75, 3.05) is 7.11 Å². The Balaban J connectivity index is 1.86. The maximum Gasteiger partial charge on any atom is 0.336 e. The third kappa shape index (κ3) is 5.14. The Bertz CT molecular complexity index is 1410. The molecule has 0 bridgehead atoms. The first-order chi connectivity index (χ1) is 16.7. The summed E-state index contributed by atoms with van der Waals surface area (Å²) in [5.74, 6) is -0.973. The second kappa shape index (κ2) is 9.54. The SMILES string of the molecule is COc1ccc(C(=O)C(Cc2ccc(C(C)(C)C)cc2)=C(C(=O)O)c2ccc3nonc3c2)cc1. The average Bonchev–Trinajstić information content (AvgIpc) is 3.31. The molecule has 0 spiro atoms. The highest BCUT2D eigenvalue weighted by molar-refractivity contribution is 6.26. The van der Waals surface area contributed by atoms with E-state index >= 15 is 0 Å². The normalized spacial score (nSPS) is 12.3. The van der Waals surface area contributed by atoms with E-state index in [-0.39, 0.29) is 28.8 Å². The van der Waals surface area contributed by atoms with Crippen molar-refractivity contribution in [2.45, 2.75) is 32.6 Å². The van der Waals surface area contributed by atoms with Crippen LogP contribution in [0.25, 0.3) is 16.6 Å². The Labute approximate surface area is 203 Å². The smallest absolute Gasteiger partial charge is 0.336 e. The van der Waals surface area contributed by atoms with E-state index in [1.807, 2.05) is 24.3 Å². The minimum absolute atomic E-state index is 0.0244. The number of carbonyl (C=O) groups is 2. The number of ketones is 1. The van der Waals surface area contributed by atoms with Gasteiger partial charge in [-0.15, -0.1) is 0 Å². The van der Waals surface area contributed by atoms with Gasteiger partial charge in [0.05, 0.1) is 12.7 Å². The molecule has 0 radical (unpaired) electrons. The Morgan fingerprint density at radius 2 is 1.51 bits per heavy atom. The van der Waals surface area contributed by atoms with Gasteiger partial charge >= 0.3 is 5.97 Å². The standard InChI is InChI=1S/C28H26N2O5/c1-28(2,3)20-10-5-17(6-11-20)15-22(26(31)18-7-12-21(34-4)13-8-18)25(27(32)33)19-9-14-23-24(16-19)30-35-29-23/h5-14,16H,15H2,1-4H3,(H,32,33). The maximum atomic E-state index is 13.7. The van der Waals surface area contributed by atoms with Crippen LogP contribution >= 0.6 is 0 Å². The van der Waals surface area contributed by atoms with Gasteiger partial charge in [-0.05, 0) is 68.8 Å². The van der Waals surface area contributed by atoms with Crippen LogP contribution in [0.4, 0.5) is 0 Å². The lowest BCUT2D eigenvalue weighted by Gasteiger charge is -2.19. The number of methoxy groups -OCH3 is 1. The van der Waals surface area contributed by atoms with Gasteiger partial charge in [0.25, 0.3) is 0 Å². The number of nitrogens with zero attached hydrogens (tertiary/aromatic N) is 2. The number of carboxylic acid groups (broad SMARTS) is 1. The number of benzene rings is 3. The molecule has 35 heavy (non-hydrogen) atoms. The van der Waals surface area contributed by atoms with Gasteiger partial charge in [0.15, 0.2) is 5.78 Å². The monoisotopic (exact) mass is 470 g/mol. The summed E-state index contributed by atoms with van der Waals surface area (Å²) in [5, 5.41) is 17.8. The van der Waals surface area contributed by atoms with Gasteiger partial charge in [-0.1, -0.05) is 51.1 Å². The first kappa shape index (κ1) is 23.9. The highest BCUT2D eigenvalue weighted by atomic mass is 16.6. The largest absolute Gasteiger partial charge is 0.497 e. The maximum absolute atomic E-state index is 13.7. The molecule has 7 nitrogen and oxygen atoms in total.